The summed E-state index contributed by atoms with van der Waals surface area (Å²) in [5.74, 6) is 0.458. The van der Waals surface area contributed by atoms with Crippen molar-refractivity contribution in [1.29, 1.82) is 0 Å². The number of hydrogen-bond donors (Lipinski definition) is 0. The van der Waals surface area contributed by atoms with Gasteiger partial charge >= 0.3 is 0 Å². The maximum Gasteiger partial charge on any atom is 0.243 e. The minimum atomic E-state index is -3.58. The molecule has 0 spiro atoms. The molecule has 6 heteroatoms. The molecule has 1 aromatic carbocycles. The van der Waals surface area contributed by atoms with E-state index in [1.54, 1.807) is 20.0 Å². The van der Waals surface area contributed by atoms with Gasteiger partial charge in [0.15, 0.2) is 0 Å². The zero-order valence-corrected chi connectivity index (χ0v) is 14.8. The van der Waals surface area contributed by atoms with Gasteiger partial charge in [0.2, 0.25) is 10.0 Å². The summed E-state index contributed by atoms with van der Waals surface area (Å²) < 4.78 is 26.9. The molecule has 0 saturated carbocycles. The lowest BCUT2D eigenvalue weighted by atomic mass is 10.1. The van der Waals surface area contributed by atoms with Gasteiger partial charge in [-0.2, -0.15) is 4.31 Å². The molecule has 1 rings (SSSR count). The molecule has 1 atom stereocenters. The second kappa shape index (κ2) is 6.65. The first-order valence-corrected chi connectivity index (χ1v) is 8.81. The highest BCUT2D eigenvalue weighted by Gasteiger charge is 2.29. The molecule has 0 radical (unpaired) electrons. The average Bonchev–Trinajstić information content (AvgIpc) is 2.38. The van der Waals surface area contributed by atoms with Gasteiger partial charge in [-0.05, 0) is 43.0 Å². The van der Waals surface area contributed by atoms with Crippen LogP contribution in [0.1, 0.15) is 31.9 Å². The third-order valence-electron chi connectivity index (χ3n) is 3.77. The fourth-order valence-corrected chi connectivity index (χ4v) is 4.28. The zero-order valence-electron chi connectivity index (χ0n) is 12.4. The van der Waals surface area contributed by atoms with Crippen LogP contribution in [0.25, 0.3) is 0 Å². The molecule has 3 nitrogen and oxygen atoms in total. The van der Waals surface area contributed by atoms with Crippen molar-refractivity contribution >= 4 is 33.2 Å². The largest absolute Gasteiger partial charge is 0.243 e. The highest BCUT2D eigenvalue weighted by Crippen LogP contribution is 2.29. The number of halogens is 2. The molecule has 0 amide bonds. The van der Waals surface area contributed by atoms with Crippen molar-refractivity contribution in [2.24, 2.45) is 5.92 Å². The van der Waals surface area contributed by atoms with Crippen LogP contribution in [0, 0.1) is 12.8 Å². The Morgan fingerprint density at radius 1 is 1.25 bits per heavy atom. The SMILES string of the molecule is Cc1c(CCl)cc(Cl)cc1S(=O)(=O)N(C)C(C)C(C)C. The van der Waals surface area contributed by atoms with E-state index in [1.165, 1.54) is 10.4 Å². The Balaban J connectivity index is 3.39. The average molecular weight is 338 g/mol. The van der Waals surface area contributed by atoms with Crippen LogP contribution >= 0.6 is 23.2 Å². The van der Waals surface area contributed by atoms with Crippen molar-refractivity contribution < 1.29 is 8.42 Å². The molecule has 0 N–H and O–H groups in total. The first-order chi connectivity index (χ1) is 9.12. The molecule has 20 heavy (non-hydrogen) atoms. The van der Waals surface area contributed by atoms with Crippen LogP contribution in [0.3, 0.4) is 0 Å². The van der Waals surface area contributed by atoms with Crippen molar-refractivity contribution in [2.45, 2.75) is 44.5 Å². The molecule has 0 fully saturated rings. The van der Waals surface area contributed by atoms with Gasteiger partial charge in [-0.3, -0.25) is 0 Å². The minimum absolute atomic E-state index is 0.0992. The molecular weight excluding hydrogens is 317 g/mol. The van der Waals surface area contributed by atoms with Gasteiger partial charge in [-0.25, -0.2) is 8.42 Å². The number of sulfonamides is 1. The van der Waals surface area contributed by atoms with Crippen molar-refractivity contribution in [3.05, 3.63) is 28.3 Å². The molecule has 0 aliphatic heterocycles. The first-order valence-electron chi connectivity index (χ1n) is 6.46. The molecule has 0 heterocycles. The van der Waals surface area contributed by atoms with Gasteiger partial charge in [0, 0.05) is 24.0 Å². The van der Waals surface area contributed by atoms with Gasteiger partial charge in [0.25, 0.3) is 0 Å². The fraction of sp³-hybridized carbons (Fsp3) is 0.571. The Hall–Kier alpha value is -0.290. The van der Waals surface area contributed by atoms with E-state index in [-0.39, 0.29) is 22.7 Å². The van der Waals surface area contributed by atoms with Gasteiger partial charge < -0.3 is 0 Å². The Labute approximate surface area is 131 Å². The second-order valence-corrected chi connectivity index (χ2v) is 8.00. The smallest absolute Gasteiger partial charge is 0.207 e. The van der Waals surface area contributed by atoms with Crippen molar-refractivity contribution in [2.75, 3.05) is 7.05 Å². The van der Waals surface area contributed by atoms with E-state index in [1.807, 2.05) is 20.8 Å². The number of hydrogen-bond acceptors (Lipinski definition) is 2. The fourth-order valence-electron chi connectivity index (χ4n) is 1.91. The molecular formula is C14H21Cl2NO2S. The van der Waals surface area contributed by atoms with Crippen LogP contribution in [0.15, 0.2) is 17.0 Å². The molecule has 0 saturated heterocycles. The van der Waals surface area contributed by atoms with Gasteiger partial charge in [-0.15, -0.1) is 11.6 Å². The summed E-state index contributed by atoms with van der Waals surface area (Å²) >= 11 is 11.9. The quantitative estimate of drug-likeness (QED) is 0.760. The summed E-state index contributed by atoms with van der Waals surface area (Å²) in [7, 11) is -1.98. The third kappa shape index (κ3) is 3.48. The maximum absolute atomic E-state index is 12.7. The normalized spacial score (nSPS) is 14.1. The van der Waals surface area contributed by atoms with Crippen LogP contribution in [-0.2, 0) is 15.9 Å². The summed E-state index contributed by atoms with van der Waals surface area (Å²) in [5.41, 5.74) is 1.40. The Morgan fingerprint density at radius 3 is 2.25 bits per heavy atom. The summed E-state index contributed by atoms with van der Waals surface area (Å²) in [4.78, 5) is 0.232. The lowest BCUT2D eigenvalue weighted by Gasteiger charge is -2.28. The summed E-state index contributed by atoms with van der Waals surface area (Å²) in [6.45, 7) is 7.64. The third-order valence-corrected chi connectivity index (χ3v) is 6.35. The van der Waals surface area contributed by atoms with Crippen LogP contribution in [0.2, 0.25) is 5.02 Å². The number of benzene rings is 1. The molecule has 1 aromatic rings. The number of rotatable bonds is 5. The van der Waals surface area contributed by atoms with Crippen LogP contribution in [-0.4, -0.2) is 25.8 Å². The second-order valence-electron chi connectivity index (χ2n) is 5.33. The summed E-state index contributed by atoms with van der Waals surface area (Å²) in [6, 6.07) is 3.10. The van der Waals surface area contributed by atoms with E-state index >= 15 is 0 Å². The van der Waals surface area contributed by atoms with Crippen LogP contribution in [0.4, 0.5) is 0 Å². The topological polar surface area (TPSA) is 37.4 Å². The lowest BCUT2D eigenvalue weighted by Crippen LogP contribution is -2.38. The van der Waals surface area contributed by atoms with Crippen molar-refractivity contribution in [3.63, 3.8) is 0 Å². The molecule has 114 valence electrons. The van der Waals surface area contributed by atoms with E-state index in [0.717, 1.165) is 5.56 Å². The standard InChI is InChI=1S/C14H21Cl2NO2S/c1-9(2)11(4)17(5)20(18,19)14-7-13(16)6-12(8-15)10(14)3/h6-7,9,11H,8H2,1-5H3. The van der Waals surface area contributed by atoms with Crippen molar-refractivity contribution in [3.8, 4) is 0 Å². The molecule has 0 aliphatic rings. The zero-order chi connectivity index (χ0) is 15.7. The Kier molecular flexibility index (Phi) is 5.90. The van der Waals surface area contributed by atoms with Crippen LogP contribution < -0.4 is 0 Å². The molecule has 0 bridgehead atoms. The first kappa shape index (κ1) is 17.8. The number of alkyl halides is 1. The van der Waals surface area contributed by atoms with E-state index in [2.05, 4.69) is 0 Å². The minimum Gasteiger partial charge on any atom is -0.207 e. The van der Waals surface area contributed by atoms with Gasteiger partial charge in [0.1, 0.15) is 0 Å². The predicted molar refractivity (Wildman–Crippen MR) is 85.0 cm³/mol. The van der Waals surface area contributed by atoms with E-state index < -0.39 is 10.0 Å². The predicted octanol–water partition coefficient (Wildman–Crippen LogP) is 4.05. The number of nitrogens with zero attached hydrogens (tertiary/aromatic N) is 1. The monoisotopic (exact) mass is 337 g/mol. The molecule has 0 aromatic heterocycles. The molecule has 1 unspecified atom stereocenters. The van der Waals surface area contributed by atoms with E-state index in [4.69, 9.17) is 23.2 Å². The van der Waals surface area contributed by atoms with Crippen LogP contribution in [0.5, 0.6) is 0 Å². The summed E-state index contributed by atoms with van der Waals surface area (Å²) in [6.07, 6.45) is 0. The Bertz CT molecular complexity index is 585. The van der Waals surface area contributed by atoms with Gasteiger partial charge in [-0.1, -0.05) is 25.4 Å². The van der Waals surface area contributed by atoms with E-state index in [0.29, 0.717) is 10.6 Å². The lowest BCUT2D eigenvalue weighted by molar-refractivity contribution is 0.315. The van der Waals surface area contributed by atoms with Gasteiger partial charge in [0.05, 0.1) is 4.90 Å². The Morgan fingerprint density at radius 2 is 1.80 bits per heavy atom. The molecule has 0 aliphatic carbocycles. The maximum atomic E-state index is 12.7. The van der Waals surface area contributed by atoms with E-state index in [9.17, 15) is 8.42 Å². The van der Waals surface area contributed by atoms with Crippen molar-refractivity contribution in [1.82, 2.24) is 4.31 Å². The summed E-state index contributed by atoms with van der Waals surface area (Å²) in [5, 5.41) is 0.385. The highest BCUT2D eigenvalue weighted by molar-refractivity contribution is 7.89. The highest BCUT2D eigenvalue weighted by atomic mass is 35.5.